The molecule has 0 bridgehead atoms. The summed E-state index contributed by atoms with van der Waals surface area (Å²) >= 11 is 0. The lowest BCUT2D eigenvalue weighted by Crippen LogP contribution is -2.34. The van der Waals surface area contributed by atoms with Crippen LogP contribution in [-0.2, 0) is 9.13 Å². The summed E-state index contributed by atoms with van der Waals surface area (Å²) in [6, 6.07) is 10.2. The Balaban J connectivity index is 2.23. The van der Waals surface area contributed by atoms with Gasteiger partial charge in [-0.15, -0.1) is 0 Å². The molecule has 2 N–H and O–H groups in total. The molecular weight excluding hydrogens is 654 g/mol. The molecule has 0 fully saturated rings. The average molecular weight is 715 g/mol. The molecule has 0 saturated carbocycles. The van der Waals surface area contributed by atoms with Crippen molar-refractivity contribution in [3.8, 4) is 23.0 Å². The minimum absolute atomic E-state index is 0.169. The molecule has 0 aromatic heterocycles. The van der Waals surface area contributed by atoms with Gasteiger partial charge < -0.3 is 29.2 Å². The summed E-state index contributed by atoms with van der Waals surface area (Å²) in [4.78, 5) is 0. The van der Waals surface area contributed by atoms with Crippen molar-refractivity contribution in [2.75, 3.05) is 79.8 Å². The highest BCUT2D eigenvalue weighted by atomic mass is 31.2. The van der Waals surface area contributed by atoms with Gasteiger partial charge in [0.1, 0.15) is 13.2 Å². The summed E-state index contributed by atoms with van der Waals surface area (Å²) in [5.41, 5.74) is 0.965. The van der Waals surface area contributed by atoms with Crippen LogP contribution >= 0.6 is 14.9 Å². The van der Waals surface area contributed by atoms with E-state index >= 15 is 0 Å². The van der Waals surface area contributed by atoms with E-state index in [9.17, 15) is 19.3 Å². The summed E-state index contributed by atoms with van der Waals surface area (Å²) < 4.78 is 59.3. The number of nitrogens with zero attached hydrogens (tertiary/aromatic N) is 4. The van der Waals surface area contributed by atoms with E-state index in [1.807, 2.05) is 74.1 Å². The fraction of sp³-hybridized carbons (Fsp3) is 0.647. The Morgan fingerprint density at radius 2 is 0.792 bits per heavy atom. The second-order valence-electron chi connectivity index (χ2n) is 11.0. The summed E-state index contributed by atoms with van der Waals surface area (Å²) in [6.07, 6.45) is 0. The number of benzene rings is 2. The summed E-state index contributed by atoms with van der Waals surface area (Å²) in [5, 5.41) is 23.0. The maximum atomic E-state index is 14.4. The SMILES string of the molecule is CCN(CC)P(=O)(C(O)c1ccc(OCCOc2ccc(C(O)P(=O)(N(CC)CC)N(CC)CC)cc2OC)c(OC)c1)N(CC)CC. The van der Waals surface area contributed by atoms with E-state index in [0.717, 1.165) is 0 Å². The number of hydrogen-bond donors (Lipinski definition) is 2. The number of rotatable bonds is 23. The van der Waals surface area contributed by atoms with Gasteiger partial charge >= 0.3 is 0 Å². The van der Waals surface area contributed by atoms with Crippen LogP contribution in [-0.4, -0.2) is 109 Å². The van der Waals surface area contributed by atoms with E-state index in [0.29, 0.717) is 86.5 Å². The van der Waals surface area contributed by atoms with E-state index in [4.69, 9.17) is 18.9 Å². The number of aliphatic hydroxyl groups is 2. The molecule has 0 aliphatic rings. The first-order valence-electron chi connectivity index (χ1n) is 17.1. The van der Waals surface area contributed by atoms with Gasteiger partial charge in [0.25, 0.3) is 0 Å². The van der Waals surface area contributed by atoms with Crippen molar-refractivity contribution in [3.05, 3.63) is 47.5 Å². The van der Waals surface area contributed by atoms with Crippen LogP contribution in [0.1, 0.15) is 78.2 Å². The van der Waals surface area contributed by atoms with Crippen LogP contribution in [0.5, 0.6) is 23.0 Å². The van der Waals surface area contributed by atoms with Gasteiger partial charge in [-0.3, -0.25) is 9.13 Å². The molecule has 274 valence electrons. The van der Waals surface area contributed by atoms with Crippen LogP contribution < -0.4 is 18.9 Å². The van der Waals surface area contributed by atoms with Gasteiger partial charge in [-0.1, -0.05) is 67.5 Å². The number of methoxy groups -OCH3 is 2. The third-order valence-corrected chi connectivity index (χ3v) is 16.1. The third-order valence-electron chi connectivity index (χ3n) is 8.75. The third kappa shape index (κ3) is 8.95. The zero-order chi connectivity index (χ0) is 36.1. The molecular formula is C34H60N4O8P2. The van der Waals surface area contributed by atoms with Gasteiger partial charge in [0.05, 0.1) is 14.2 Å². The highest BCUT2D eigenvalue weighted by Gasteiger charge is 2.43. The van der Waals surface area contributed by atoms with E-state index in [1.54, 1.807) is 36.4 Å². The molecule has 2 rings (SSSR count). The van der Waals surface area contributed by atoms with Crippen molar-refractivity contribution >= 4 is 14.9 Å². The van der Waals surface area contributed by atoms with E-state index in [2.05, 4.69) is 0 Å². The predicted molar refractivity (Wildman–Crippen MR) is 194 cm³/mol. The van der Waals surface area contributed by atoms with E-state index in [-0.39, 0.29) is 13.2 Å². The lowest BCUT2D eigenvalue weighted by Gasteiger charge is -2.40. The molecule has 2 unspecified atom stereocenters. The quantitative estimate of drug-likeness (QED) is 0.0920. The average Bonchev–Trinajstić information content (AvgIpc) is 3.11. The Hall–Kier alpha value is -2.14. The van der Waals surface area contributed by atoms with Crippen LogP contribution in [0.4, 0.5) is 0 Å². The Bertz CT molecular complexity index is 1220. The highest BCUT2D eigenvalue weighted by Crippen LogP contribution is 2.64. The minimum atomic E-state index is -3.34. The minimum Gasteiger partial charge on any atom is -0.493 e. The molecule has 2 aromatic carbocycles. The summed E-state index contributed by atoms with van der Waals surface area (Å²) in [6.45, 7) is 20.2. The van der Waals surface area contributed by atoms with Crippen LogP contribution in [0.15, 0.2) is 36.4 Å². The first kappa shape index (κ1) is 42.0. The molecule has 0 saturated heterocycles. The Labute approximate surface area is 288 Å². The lowest BCUT2D eigenvalue weighted by molar-refractivity contribution is 0.203. The van der Waals surface area contributed by atoms with Crippen molar-refractivity contribution < 1.29 is 38.3 Å². The molecule has 0 aliphatic carbocycles. The lowest BCUT2D eigenvalue weighted by atomic mass is 10.2. The van der Waals surface area contributed by atoms with Crippen molar-refractivity contribution in [2.24, 2.45) is 0 Å². The number of hydrogen-bond acceptors (Lipinski definition) is 8. The summed E-state index contributed by atoms with van der Waals surface area (Å²) in [7, 11) is -3.65. The first-order chi connectivity index (χ1) is 23.0. The van der Waals surface area contributed by atoms with Gasteiger partial charge in [-0.2, -0.15) is 0 Å². The maximum Gasteiger partial charge on any atom is 0.248 e. The molecule has 0 aliphatic heterocycles. The second kappa shape index (κ2) is 19.9. The first-order valence-corrected chi connectivity index (χ1v) is 20.5. The molecule has 2 aromatic rings. The van der Waals surface area contributed by atoms with Crippen LogP contribution in [0.3, 0.4) is 0 Å². The maximum absolute atomic E-state index is 14.4. The van der Waals surface area contributed by atoms with Crippen molar-refractivity contribution in [3.63, 3.8) is 0 Å². The molecule has 2 atom stereocenters. The zero-order valence-corrected chi connectivity index (χ0v) is 32.5. The fourth-order valence-corrected chi connectivity index (χ4v) is 12.4. The smallest absolute Gasteiger partial charge is 0.248 e. The van der Waals surface area contributed by atoms with Gasteiger partial charge in [0.2, 0.25) is 14.9 Å². The largest absolute Gasteiger partial charge is 0.493 e. The monoisotopic (exact) mass is 714 g/mol. The van der Waals surface area contributed by atoms with Crippen molar-refractivity contribution in [2.45, 2.75) is 67.1 Å². The van der Waals surface area contributed by atoms with Gasteiger partial charge in [0, 0.05) is 52.4 Å². The van der Waals surface area contributed by atoms with Crippen LogP contribution in [0, 0.1) is 0 Å². The zero-order valence-electron chi connectivity index (χ0n) is 30.7. The number of ether oxygens (including phenoxy) is 4. The highest BCUT2D eigenvalue weighted by molar-refractivity contribution is 7.59. The topological polar surface area (TPSA) is 124 Å². The van der Waals surface area contributed by atoms with Crippen molar-refractivity contribution in [1.82, 2.24) is 18.7 Å². The van der Waals surface area contributed by atoms with Gasteiger partial charge in [-0.25, -0.2) is 18.7 Å². The fourth-order valence-electron chi connectivity index (χ4n) is 6.11. The van der Waals surface area contributed by atoms with Crippen molar-refractivity contribution in [1.29, 1.82) is 0 Å². The Morgan fingerprint density at radius 3 is 1.02 bits per heavy atom. The van der Waals surface area contributed by atoms with Crippen LogP contribution in [0.25, 0.3) is 0 Å². The standard InChI is InChI=1S/C34H60N4O8P2/c1-11-35(12-2)47(41,36(13-3)14-4)33(39)27-19-21-29(31(25-27)43-9)45-23-24-46-30-22-20-28(26-32(30)44-10)34(40)48(42,37(15-5)16-6)38(17-7)18-8/h19-22,25-26,33-34,39-40H,11-18,23-24H2,1-10H3. The molecule has 0 radical (unpaired) electrons. The Kier molecular flexibility index (Phi) is 17.4. The molecule has 0 spiro atoms. The van der Waals surface area contributed by atoms with Gasteiger partial charge in [0.15, 0.2) is 34.7 Å². The molecule has 12 nitrogen and oxygen atoms in total. The number of aliphatic hydroxyl groups excluding tert-OH is 2. The molecule has 48 heavy (non-hydrogen) atoms. The predicted octanol–water partition coefficient (Wildman–Crippen LogP) is 6.90. The summed E-state index contributed by atoms with van der Waals surface area (Å²) in [5.74, 6) is -0.757. The van der Waals surface area contributed by atoms with E-state index < -0.39 is 26.6 Å². The normalized spacial score (nSPS) is 13.8. The van der Waals surface area contributed by atoms with Crippen LogP contribution in [0.2, 0.25) is 0 Å². The Morgan fingerprint density at radius 1 is 0.521 bits per heavy atom. The second-order valence-corrected chi connectivity index (χ2v) is 16.6. The molecule has 0 amide bonds. The molecule has 0 heterocycles. The van der Waals surface area contributed by atoms with Gasteiger partial charge in [-0.05, 0) is 35.4 Å². The molecule has 14 heteroatoms. The van der Waals surface area contributed by atoms with E-state index in [1.165, 1.54) is 14.2 Å².